The van der Waals surface area contributed by atoms with Crippen molar-refractivity contribution in [3.63, 3.8) is 0 Å². The molecule has 2 N–H and O–H groups in total. The van der Waals surface area contributed by atoms with E-state index in [0.29, 0.717) is 23.8 Å². The Kier molecular flexibility index (Phi) is 4.91. The van der Waals surface area contributed by atoms with Gasteiger partial charge in [0, 0.05) is 36.1 Å². The normalized spacial score (nSPS) is 17.3. The van der Waals surface area contributed by atoms with Crippen LogP contribution in [-0.2, 0) is 9.53 Å². The largest absolute Gasteiger partial charge is 0.480 e. The third-order valence-corrected chi connectivity index (χ3v) is 5.16. The van der Waals surface area contributed by atoms with Crippen molar-refractivity contribution >= 4 is 39.4 Å². The van der Waals surface area contributed by atoms with E-state index in [0.717, 1.165) is 10.0 Å². The Morgan fingerprint density at radius 2 is 2.00 bits per heavy atom. The molecule has 0 aromatic heterocycles. The number of halogens is 2. The van der Waals surface area contributed by atoms with Gasteiger partial charge in [0.05, 0.1) is 5.02 Å². The summed E-state index contributed by atoms with van der Waals surface area (Å²) in [6.07, 6.45) is 0.495. The summed E-state index contributed by atoms with van der Waals surface area (Å²) in [5.41, 5.74) is -0.125. The highest BCUT2D eigenvalue weighted by atomic mass is 79.9. The predicted octanol–water partition coefficient (Wildman–Crippen LogP) is 2.77. The highest BCUT2D eigenvalue weighted by Crippen LogP contribution is 2.28. The second kappa shape index (κ2) is 6.34. The van der Waals surface area contributed by atoms with Crippen LogP contribution in [0.1, 0.15) is 28.8 Å². The van der Waals surface area contributed by atoms with Crippen LogP contribution < -0.4 is 5.32 Å². The van der Waals surface area contributed by atoms with E-state index < -0.39 is 17.4 Å². The number of carbonyl (C=O) groups is 2. The zero-order valence-electron chi connectivity index (χ0n) is 11.4. The van der Waals surface area contributed by atoms with Gasteiger partial charge in [-0.05, 0) is 40.5 Å². The van der Waals surface area contributed by atoms with Crippen molar-refractivity contribution in [2.75, 3.05) is 13.2 Å². The number of hydrogen-bond donors (Lipinski definition) is 2. The number of aliphatic carboxylic acids is 1. The van der Waals surface area contributed by atoms with Gasteiger partial charge in [0.1, 0.15) is 5.54 Å². The zero-order valence-corrected chi connectivity index (χ0v) is 13.8. The molecule has 21 heavy (non-hydrogen) atoms. The summed E-state index contributed by atoms with van der Waals surface area (Å²) in [6, 6.07) is 3.18. The van der Waals surface area contributed by atoms with Crippen LogP contribution in [0, 0.1) is 6.92 Å². The quantitative estimate of drug-likeness (QED) is 0.850. The number of carbonyl (C=O) groups excluding carboxylic acids is 1. The van der Waals surface area contributed by atoms with Crippen LogP contribution in [0.4, 0.5) is 0 Å². The molecule has 1 fully saturated rings. The van der Waals surface area contributed by atoms with E-state index >= 15 is 0 Å². The lowest BCUT2D eigenvalue weighted by molar-refractivity contribution is -0.148. The fraction of sp³-hybridized carbons (Fsp3) is 0.429. The van der Waals surface area contributed by atoms with E-state index in [2.05, 4.69) is 21.2 Å². The molecule has 1 saturated heterocycles. The summed E-state index contributed by atoms with van der Waals surface area (Å²) in [5.74, 6) is -1.49. The van der Waals surface area contributed by atoms with Gasteiger partial charge in [-0.25, -0.2) is 4.79 Å². The summed E-state index contributed by atoms with van der Waals surface area (Å²) >= 11 is 9.36. The first kappa shape index (κ1) is 16.3. The van der Waals surface area contributed by atoms with E-state index in [1.54, 1.807) is 6.07 Å². The molecule has 114 valence electrons. The van der Waals surface area contributed by atoms with Crippen molar-refractivity contribution < 1.29 is 19.4 Å². The number of rotatable bonds is 3. The Hall–Kier alpha value is -1.11. The Bertz CT molecular complexity index is 561. The van der Waals surface area contributed by atoms with Gasteiger partial charge in [-0.15, -0.1) is 0 Å². The lowest BCUT2D eigenvalue weighted by Crippen LogP contribution is -2.57. The third-order valence-electron chi connectivity index (χ3n) is 3.58. The van der Waals surface area contributed by atoms with Crippen LogP contribution in [0.3, 0.4) is 0 Å². The Morgan fingerprint density at radius 3 is 2.52 bits per heavy atom. The number of aryl methyl sites for hydroxylation is 1. The fourth-order valence-electron chi connectivity index (χ4n) is 2.26. The van der Waals surface area contributed by atoms with Crippen molar-refractivity contribution in [1.82, 2.24) is 5.32 Å². The van der Waals surface area contributed by atoms with Gasteiger partial charge in [-0.3, -0.25) is 4.79 Å². The van der Waals surface area contributed by atoms with Gasteiger partial charge in [0.15, 0.2) is 0 Å². The maximum atomic E-state index is 12.3. The second-order valence-corrected chi connectivity index (χ2v) is 6.24. The van der Waals surface area contributed by atoms with Gasteiger partial charge in [0.25, 0.3) is 5.91 Å². The first-order valence-electron chi connectivity index (χ1n) is 6.45. The average molecular weight is 377 g/mol. The molecule has 1 aliphatic rings. The van der Waals surface area contributed by atoms with Crippen molar-refractivity contribution in [1.29, 1.82) is 0 Å². The number of carboxylic acid groups (broad SMARTS) is 1. The van der Waals surface area contributed by atoms with E-state index in [1.165, 1.54) is 6.07 Å². The van der Waals surface area contributed by atoms with E-state index in [-0.39, 0.29) is 12.8 Å². The van der Waals surface area contributed by atoms with Gasteiger partial charge in [-0.1, -0.05) is 11.6 Å². The van der Waals surface area contributed by atoms with Gasteiger partial charge in [-0.2, -0.15) is 0 Å². The van der Waals surface area contributed by atoms with E-state index in [9.17, 15) is 14.7 Å². The number of nitrogens with one attached hydrogen (secondary N) is 1. The van der Waals surface area contributed by atoms with Crippen molar-refractivity contribution in [2.24, 2.45) is 0 Å². The van der Waals surface area contributed by atoms with Crippen LogP contribution in [0.2, 0.25) is 5.02 Å². The summed E-state index contributed by atoms with van der Waals surface area (Å²) in [7, 11) is 0. The van der Waals surface area contributed by atoms with Crippen LogP contribution in [0.15, 0.2) is 16.6 Å². The fourth-order valence-corrected chi connectivity index (χ4v) is 2.75. The zero-order chi connectivity index (χ0) is 15.6. The maximum absolute atomic E-state index is 12.3. The molecule has 0 spiro atoms. The first-order valence-corrected chi connectivity index (χ1v) is 7.62. The number of benzene rings is 1. The van der Waals surface area contributed by atoms with E-state index in [1.807, 2.05) is 6.92 Å². The molecule has 0 unspecified atom stereocenters. The van der Waals surface area contributed by atoms with Crippen molar-refractivity contribution in [3.05, 3.63) is 32.8 Å². The predicted molar refractivity (Wildman–Crippen MR) is 81.8 cm³/mol. The summed E-state index contributed by atoms with van der Waals surface area (Å²) in [5, 5.41) is 12.5. The minimum Gasteiger partial charge on any atom is -0.480 e. The lowest BCUT2D eigenvalue weighted by atomic mass is 9.89. The molecule has 0 aliphatic carbocycles. The number of ether oxygens (including phenoxy) is 1. The highest BCUT2D eigenvalue weighted by molar-refractivity contribution is 9.10. The van der Waals surface area contributed by atoms with Crippen molar-refractivity contribution in [2.45, 2.75) is 25.3 Å². The molecule has 0 atom stereocenters. The summed E-state index contributed by atoms with van der Waals surface area (Å²) < 4.78 is 5.90. The lowest BCUT2D eigenvalue weighted by Gasteiger charge is -2.33. The van der Waals surface area contributed by atoms with Gasteiger partial charge in [0.2, 0.25) is 0 Å². The highest BCUT2D eigenvalue weighted by Gasteiger charge is 2.41. The topological polar surface area (TPSA) is 75.6 Å². The molecule has 1 aliphatic heterocycles. The maximum Gasteiger partial charge on any atom is 0.329 e. The molecule has 1 heterocycles. The smallest absolute Gasteiger partial charge is 0.329 e. The second-order valence-electron chi connectivity index (χ2n) is 5.04. The SMILES string of the molecule is Cc1cc(C(=O)NC2(C(=O)O)CCOCC2)cc(Cl)c1Br. The number of hydrogen-bond acceptors (Lipinski definition) is 3. The monoisotopic (exact) mass is 375 g/mol. The first-order chi connectivity index (χ1) is 9.85. The van der Waals surface area contributed by atoms with Crippen LogP contribution >= 0.6 is 27.5 Å². The average Bonchev–Trinajstić information content (AvgIpc) is 2.45. The minimum atomic E-state index is -1.28. The Labute approximate surface area is 135 Å². The number of carboxylic acids is 1. The molecule has 1 aromatic carbocycles. The molecule has 1 aromatic rings. The van der Waals surface area contributed by atoms with Crippen molar-refractivity contribution in [3.8, 4) is 0 Å². The molecular weight excluding hydrogens is 362 g/mol. The molecule has 0 radical (unpaired) electrons. The molecule has 2 rings (SSSR count). The molecule has 0 bridgehead atoms. The molecule has 1 amide bonds. The van der Waals surface area contributed by atoms with Crippen LogP contribution in [0.25, 0.3) is 0 Å². The van der Waals surface area contributed by atoms with E-state index in [4.69, 9.17) is 16.3 Å². The van der Waals surface area contributed by atoms with Crippen LogP contribution in [-0.4, -0.2) is 35.7 Å². The van der Waals surface area contributed by atoms with Gasteiger partial charge < -0.3 is 15.2 Å². The third kappa shape index (κ3) is 3.39. The molecule has 7 heteroatoms. The molecular formula is C14H15BrClNO4. The number of amides is 1. The minimum absolute atomic E-state index is 0.247. The van der Waals surface area contributed by atoms with Crippen LogP contribution in [0.5, 0.6) is 0 Å². The summed E-state index contributed by atoms with van der Waals surface area (Å²) in [6.45, 7) is 2.44. The Balaban J connectivity index is 2.25. The molecule has 0 saturated carbocycles. The standard InChI is InChI=1S/C14H15BrClNO4/c1-8-6-9(7-10(16)11(8)15)12(18)17-14(13(19)20)2-4-21-5-3-14/h6-7H,2-5H2,1H3,(H,17,18)(H,19,20). The summed E-state index contributed by atoms with van der Waals surface area (Å²) in [4.78, 5) is 23.9. The Morgan fingerprint density at radius 1 is 1.38 bits per heavy atom. The van der Waals surface area contributed by atoms with Gasteiger partial charge >= 0.3 is 5.97 Å². The molecule has 5 nitrogen and oxygen atoms in total.